The second-order valence-corrected chi connectivity index (χ2v) is 8.95. The van der Waals surface area contributed by atoms with E-state index in [9.17, 15) is 9.90 Å². The molecule has 1 spiro atoms. The van der Waals surface area contributed by atoms with Crippen LogP contribution in [0.5, 0.6) is 5.75 Å². The van der Waals surface area contributed by atoms with Gasteiger partial charge < -0.3 is 24.2 Å². The van der Waals surface area contributed by atoms with Gasteiger partial charge in [0, 0.05) is 55.2 Å². The molecule has 1 aliphatic carbocycles. The van der Waals surface area contributed by atoms with Gasteiger partial charge in [0.1, 0.15) is 5.75 Å². The molecule has 1 amide bonds. The maximum absolute atomic E-state index is 13.3. The second-order valence-electron chi connectivity index (χ2n) is 8.95. The van der Waals surface area contributed by atoms with Gasteiger partial charge in [0.2, 0.25) is 5.91 Å². The Hall–Kier alpha value is -2.05. The summed E-state index contributed by atoms with van der Waals surface area (Å²) in [5.41, 5.74) is 3.47. The van der Waals surface area contributed by atoms with Crippen molar-refractivity contribution in [2.75, 3.05) is 40.4 Å². The summed E-state index contributed by atoms with van der Waals surface area (Å²) in [5, 5.41) is 11.6. The molecule has 3 aliphatic rings. The first-order chi connectivity index (χ1) is 13.5. The van der Waals surface area contributed by atoms with Crippen LogP contribution in [0.4, 0.5) is 0 Å². The minimum Gasteiger partial charge on any atom is -0.497 e. The minimum absolute atomic E-state index is 0.0430. The third-order valence-corrected chi connectivity index (χ3v) is 7.20. The number of fused-ring (bicyclic) bond motifs is 4. The number of benzene rings is 1. The van der Waals surface area contributed by atoms with E-state index in [1.54, 1.807) is 7.11 Å². The van der Waals surface area contributed by atoms with E-state index in [1.807, 2.05) is 11.0 Å². The van der Waals surface area contributed by atoms with Gasteiger partial charge in [-0.2, -0.15) is 0 Å². The molecule has 1 aromatic carbocycles. The van der Waals surface area contributed by atoms with Crippen molar-refractivity contribution in [3.05, 3.63) is 29.5 Å². The number of amides is 1. The van der Waals surface area contributed by atoms with Gasteiger partial charge in [-0.25, -0.2) is 0 Å². The van der Waals surface area contributed by atoms with E-state index in [-0.39, 0.29) is 29.9 Å². The molecule has 5 rings (SSSR count). The molecule has 6 heteroatoms. The van der Waals surface area contributed by atoms with E-state index in [1.165, 1.54) is 10.9 Å². The van der Waals surface area contributed by atoms with E-state index < -0.39 is 0 Å². The summed E-state index contributed by atoms with van der Waals surface area (Å²) in [4.78, 5) is 17.6. The van der Waals surface area contributed by atoms with Gasteiger partial charge in [-0.15, -0.1) is 0 Å². The zero-order chi connectivity index (χ0) is 19.6. The molecule has 150 valence electrons. The Bertz CT molecular complexity index is 940. The van der Waals surface area contributed by atoms with Crippen LogP contribution in [0, 0.1) is 5.92 Å². The van der Waals surface area contributed by atoms with E-state index >= 15 is 0 Å². The molecule has 0 unspecified atom stereocenters. The number of carbonyl (C=O) groups is 1. The third kappa shape index (κ3) is 2.31. The van der Waals surface area contributed by atoms with E-state index in [0.29, 0.717) is 6.54 Å². The molecule has 1 N–H and O–H groups in total. The van der Waals surface area contributed by atoms with Crippen molar-refractivity contribution < 1.29 is 14.6 Å². The van der Waals surface area contributed by atoms with Crippen molar-refractivity contribution >= 4 is 16.8 Å². The SMILES string of the molecule is COc1ccc2c3c(n(C)c2c1)[C@@H](CO)N(C(=O)C1CCC1)CC31CN(C)C1. The number of carbonyl (C=O) groups excluding carboxylic acids is 1. The number of rotatable bonds is 3. The molecule has 1 aromatic heterocycles. The summed E-state index contributed by atoms with van der Waals surface area (Å²) in [5.74, 6) is 1.20. The van der Waals surface area contributed by atoms with Crippen LogP contribution in [0.25, 0.3) is 10.9 Å². The number of hydrogen-bond donors (Lipinski definition) is 1. The highest BCUT2D eigenvalue weighted by molar-refractivity contribution is 5.90. The summed E-state index contributed by atoms with van der Waals surface area (Å²) < 4.78 is 7.62. The van der Waals surface area contributed by atoms with Crippen molar-refractivity contribution in [2.45, 2.75) is 30.7 Å². The van der Waals surface area contributed by atoms with Crippen molar-refractivity contribution in [1.29, 1.82) is 0 Å². The van der Waals surface area contributed by atoms with Gasteiger partial charge >= 0.3 is 0 Å². The molecule has 6 nitrogen and oxygen atoms in total. The first kappa shape index (κ1) is 18.0. The van der Waals surface area contributed by atoms with Crippen LogP contribution in [-0.4, -0.2) is 65.8 Å². The molecule has 1 saturated carbocycles. The number of likely N-dealkylation sites (tertiary alicyclic amines) is 1. The van der Waals surface area contributed by atoms with Crippen molar-refractivity contribution in [2.24, 2.45) is 13.0 Å². The number of methoxy groups -OCH3 is 1. The van der Waals surface area contributed by atoms with E-state index in [2.05, 4.69) is 35.7 Å². The zero-order valence-corrected chi connectivity index (χ0v) is 16.9. The van der Waals surface area contributed by atoms with Crippen LogP contribution >= 0.6 is 0 Å². The normalized spacial score (nSPS) is 24.1. The first-order valence-corrected chi connectivity index (χ1v) is 10.3. The van der Waals surface area contributed by atoms with Gasteiger partial charge in [0.25, 0.3) is 0 Å². The molecular formula is C22H29N3O3. The Labute approximate surface area is 165 Å². The minimum atomic E-state index is -0.275. The van der Waals surface area contributed by atoms with Gasteiger partial charge in [-0.3, -0.25) is 4.79 Å². The lowest BCUT2D eigenvalue weighted by atomic mass is 9.68. The quantitative estimate of drug-likeness (QED) is 0.881. The summed E-state index contributed by atoms with van der Waals surface area (Å²) >= 11 is 0. The predicted molar refractivity (Wildman–Crippen MR) is 108 cm³/mol. The van der Waals surface area contributed by atoms with E-state index in [4.69, 9.17) is 4.74 Å². The first-order valence-electron chi connectivity index (χ1n) is 10.3. The van der Waals surface area contributed by atoms with Gasteiger partial charge in [0.15, 0.2) is 0 Å². The highest BCUT2D eigenvalue weighted by atomic mass is 16.5. The lowest BCUT2D eigenvalue weighted by molar-refractivity contribution is -0.146. The topological polar surface area (TPSA) is 57.9 Å². The van der Waals surface area contributed by atoms with Crippen LogP contribution in [0.15, 0.2) is 18.2 Å². The third-order valence-electron chi connectivity index (χ3n) is 7.20. The monoisotopic (exact) mass is 383 g/mol. The number of ether oxygens (including phenoxy) is 1. The molecule has 0 radical (unpaired) electrons. The second kappa shape index (κ2) is 6.22. The molecule has 0 bridgehead atoms. The average Bonchev–Trinajstić information content (AvgIpc) is 2.92. The predicted octanol–water partition coefficient (Wildman–Crippen LogP) is 2.05. The maximum atomic E-state index is 13.3. The standard InChI is InChI=1S/C22H29N3O3/c1-23-11-22(12-23)13-25(21(27)14-5-4-6-14)18(10-26)20-19(22)16-8-7-15(28-3)9-17(16)24(20)2/h7-9,14,18,26H,4-6,10-13H2,1-3H3/t18-/m1/s1. The fourth-order valence-corrected chi connectivity index (χ4v) is 5.72. The highest BCUT2D eigenvalue weighted by Gasteiger charge is 2.54. The summed E-state index contributed by atoms with van der Waals surface area (Å²) in [7, 11) is 5.87. The van der Waals surface area contributed by atoms with Crippen LogP contribution in [0.3, 0.4) is 0 Å². The van der Waals surface area contributed by atoms with Gasteiger partial charge in [-0.05, 0) is 37.6 Å². The molecule has 2 aromatic rings. The van der Waals surface area contributed by atoms with Crippen molar-refractivity contribution in [3.8, 4) is 5.75 Å². The smallest absolute Gasteiger partial charge is 0.226 e. The largest absolute Gasteiger partial charge is 0.497 e. The Balaban J connectivity index is 1.70. The lowest BCUT2D eigenvalue weighted by Crippen LogP contribution is -2.66. The number of aromatic nitrogens is 1. The lowest BCUT2D eigenvalue weighted by Gasteiger charge is -2.56. The number of nitrogens with zero attached hydrogens (tertiary/aromatic N) is 3. The van der Waals surface area contributed by atoms with Crippen molar-refractivity contribution in [1.82, 2.24) is 14.4 Å². The highest BCUT2D eigenvalue weighted by Crippen LogP contribution is 2.50. The molecule has 2 aliphatic heterocycles. The summed E-state index contributed by atoms with van der Waals surface area (Å²) in [6.45, 7) is 2.55. The number of hydrogen-bond acceptors (Lipinski definition) is 4. The molecular weight excluding hydrogens is 354 g/mol. The number of likely N-dealkylation sites (N-methyl/N-ethyl adjacent to an activating group) is 1. The maximum Gasteiger partial charge on any atom is 0.226 e. The summed E-state index contributed by atoms with van der Waals surface area (Å²) in [6, 6.07) is 5.95. The van der Waals surface area contributed by atoms with Crippen LogP contribution in [0.2, 0.25) is 0 Å². The fraction of sp³-hybridized carbons (Fsp3) is 0.591. The molecule has 2 fully saturated rings. The Morgan fingerprint density at radius 3 is 2.57 bits per heavy atom. The van der Waals surface area contributed by atoms with Crippen LogP contribution in [0.1, 0.15) is 36.6 Å². The average molecular weight is 383 g/mol. The molecule has 28 heavy (non-hydrogen) atoms. The van der Waals surface area contributed by atoms with Crippen LogP contribution < -0.4 is 4.74 Å². The number of aliphatic hydroxyl groups excluding tert-OH is 1. The van der Waals surface area contributed by atoms with E-state index in [0.717, 1.165) is 49.3 Å². The number of aliphatic hydroxyl groups is 1. The van der Waals surface area contributed by atoms with Gasteiger partial charge in [0.05, 0.1) is 25.3 Å². The van der Waals surface area contributed by atoms with Crippen LogP contribution in [-0.2, 0) is 17.3 Å². The molecule has 3 heterocycles. The summed E-state index contributed by atoms with van der Waals surface area (Å²) in [6.07, 6.45) is 3.11. The van der Waals surface area contributed by atoms with Gasteiger partial charge in [-0.1, -0.05) is 6.42 Å². The molecule has 1 saturated heterocycles. The fourth-order valence-electron chi connectivity index (χ4n) is 5.72. The van der Waals surface area contributed by atoms with Crippen molar-refractivity contribution in [3.63, 3.8) is 0 Å². The number of aryl methyl sites for hydroxylation is 1. The Morgan fingerprint density at radius 2 is 2.00 bits per heavy atom. The Morgan fingerprint density at radius 1 is 1.25 bits per heavy atom. The zero-order valence-electron chi connectivity index (χ0n) is 16.9. The molecule has 1 atom stereocenters. The Kier molecular flexibility index (Phi) is 4.00.